The summed E-state index contributed by atoms with van der Waals surface area (Å²) in [6.07, 6.45) is 0.888. The number of nitrogens with zero attached hydrogens (tertiary/aromatic N) is 1. The predicted octanol–water partition coefficient (Wildman–Crippen LogP) is 2.50. The molecule has 0 aliphatic carbocycles. The number of likely N-dealkylation sites (N-methyl/N-ethyl adjacent to an activating group) is 1. The SMILES string of the molecule is CN(CCc1cc(Br)cs1)C(=O)C(C)(C)CN. The molecule has 1 aromatic heterocycles. The van der Waals surface area contributed by atoms with Gasteiger partial charge in [-0.2, -0.15) is 0 Å². The number of thiophene rings is 1. The molecule has 3 nitrogen and oxygen atoms in total. The molecule has 0 saturated carbocycles. The van der Waals surface area contributed by atoms with Crippen molar-refractivity contribution in [3.8, 4) is 0 Å². The average Bonchev–Trinajstić information content (AvgIpc) is 2.71. The predicted molar refractivity (Wildman–Crippen MR) is 76.2 cm³/mol. The molecule has 0 atom stereocenters. The van der Waals surface area contributed by atoms with Crippen molar-refractivity contribution in [3.05, 3.63) is 20.8 Å². The molecule has 96 valence electrons. The first kappa shape index (κ1) is 14.7. The lowest BCUT2D eigenvalue weighted by molar-refractivity contribution is -0.138. The lowest BCUT2D eigenvalue weighted by atomic mass is 9.92. The summed E-state index contributed by atoms with van der Waals surface area (Å²) in [5.74, 6) is 0.107. The van der Waals surface area contributed by atoms with Crippen molar-refractivity contribution in [2.24, 2.45) is 11.1 Å². The minimum Gasteiger partial charge on any atom is -0.345 e. The summed E-state index contributed by atoms with van der Waals surface area (Å²) in [6.45, 7) is 4.87. The monoisotopic (exact) mass is 318 g/mol. The highest BCUT2D eigenvalue weighted by molar-refractivity contribution is 9.10. The Kier molecular flexibility index (Phi) is 5.16. The van der Waals surface area contributed by atoms with E-state index < -0.39 is 5.41 Å². The van der Waals surface area contributed by atoms with Crippen LogP contribution in [0.3, 0.4) is 0 Å². The Morgan fingerprint density at radius 1 is 1.59 bits per heavy atom. The van der Waals surface area contributed by atoms with E-state index in [9.17, 15) is 4.79 Å². The van der Waals surface area contributed by atoms with Gasteiger partial charge in [0, 0.05) is 34.9 Å². The van der Waals surface area contributed by atoms with Crippen LogP contribution in [0.2, 0.25) is 0 Å². The molecule has 0 unspecified atom stereocenters. The first-order valence-electron chi connectivity index (χ1n) is 5.55. The number of amides is 1. The molecule has 17 heavy (non-hydrogen) atoms. The second kappa shape index (κ2) is 5.98. The highest BCUT2D eigenvalue weighted by Crippen LogP contribution is 2.21. The number of carbonyl (C=O) groups is 1. The molecule has 1 heterocycles. The van der Waals surface area contributed by atoms with Gasteiger partial charge >= 0.3 is 0 Å². The van der Waals surface area contributed by atoms with E-state index in [1.807, 2.05) is 20.9 Å². The maximum absolute atomic E-state index is 12.1. The van der Waals surface area contributed by atoms with Gasteiger partial charge < -0.3 is 10.6 Å². The standard InChI is InChI=1S/C12H19BrN2OS/c1-12(2,8-14)11(16)15(3)5-4-10-6-9(13)7-17-10/h6-7H,4-5,8,14H2,1-3H3. The first-order chi connectivity index (χ1) is 7.86. The van der Waals surface area contributed by atoms with Gasteiger partial charge in [-0.15, -0.1) is 11.3 Å². The van der Waals surface area contributed by atoms with Crippen LogP contribution in [0.5, 0.6) is 0 Å². The second-order valence-electron chi connectivity index (χ2n) is 4.80. The van der Waals surface area contributed by atoms with Crippen LogP contribution >= 0.6 is 27.3 Å². The fourth-order valence-corrected chi connectivity index (χ4v) is 2.91. The molecule has 0 saturated heterocycles. The number of carbonyl (C=O) groups excluding carboxylic acids is 1. The van der Waals surface area contributed by atoms with Gasteiger partial charge in [0.15, 0.2) is 0 Å². The fraction of sp³-hybridized carbons (Fsp3) is 0.583. The lowest BCUT2D eigenvalue weighted by Gasteiger charge is -2.28. The quantitative estimate of drug-likeness (QED) is 0.906. The van der Waals surface area contributed by atoms with Crippen molar-refractivity contribution < 1.29 is 4.79 Å². The molecule has 1 amide bonds. The van der Waals surface area contributed by atoms with Crippen molar-refractivity contribution in [3.63, 3.8) is 0 Å². The summed E-state index contributed by atoms with van der Waals surface area (Å²) in [7, 11) is 1.84. The third-order valence-electron chi connectivity index (χ3n) is 2.75. The highest BCUT2D eigenvalue weighted by Gasteiger charge is 2.28. The Morgan fingerprint density at radius 2 is 2.24 bits per heavy atom. The zero-order valence-corrected chi connectivity index (χ0v) is 12.9. The molecule has 0 bridgehead atoms. The van der Waals surface area contributed by atoms with Crippen molar-refractivity contribution in [1.82, 2.24) is 4.90 Å². The van der Waals surface area contributed by atoms with Gasteiger partial charge in [-0.3, -0.25) is 4.79 Å². The zero-order chi connectivity index (χ0) is 13.1. The molecular formula is C12H19BrN2OS. The average molecular weight is 319 g/mol. The van der Waals surface area contributed by atoms with Crippen molar-refractivity contribution in [2.75, 3.05) is 20.1 Å². The normalized spacial score (nSPS) is 11.6. The minimum absolute atomic E-state index is 0.107. The van der Waals surface area contributed by atoms with E-state index in [0.717, 1.165) is 17.4 Å². The molecule has 5 heteroatoms. The minimum atomic E-state index is -0.467. The van der Waals surface area contributed by atoms with Crippen molar-refractivity contribution >= 4 is 33.2 Å². The maximum Gasteiger partial charge on any atom is 0.229 e. The van der Waals surface area contributed by atoms with E-state index in [2.05, 4.69) is 27.4 Å². The van der Waals surface area contributed by atoms with Gasteiger partial charge in [-0.25, -0.2) is 0 Å². The Bertz CT molecular complexity index is 390. The number of rotatable bonds is 5. The molecule has 0 aliphatic heterocycles. The molecule has 0 fully saturated rings. The van der Waals surface area contributed by atoms with E-state index in [0.29, 0.717) is 6.54 Å². The van der Waals surface area contributed by atoms with Gasteiger partial charge in [0.05, 0.1) is 5.41 Å². The Hall–Kier alpha value is -0.390. The number of halogens is 1. The molecule has 0 spiro atoms. The van der Waals surface area contributed by atoms with Crippen LogP contribution in [0, 0.1) is 5.41 Å². The van der Waals surface area contributed by atoms with Gasteiger partial charge in [-0.1, -0.05) is 0 Å². The van der Waals surface area contributed by atoms with Crippen molar-refractivity contribution in [1.29, 1.82) is 0 Å². The number of nitrogens with two attached hydrogens (primary N) is 1. The van der Waals surface area contributed by atoms with Gasteiger partial charge in [0.2, 0.25) is 5.91 Å². The van der Waals surface area contributed by atoms with E-state index in [-0.39, 0.29) is 5.91 Å². The van der Waals surface area contributed by atoms with E-state index in [1.54, 1.807) is 16.2 Å². The summed E-state index contributed by atoms with van der Waals surface area (Å²) >= 11 is 5.13. The summed E-state index contributed by atoms with van der Waals surface area (Å²) in [4.78, 5) is 15.1. The molecule has 0 aliphatic rings. The zero-order valence-electron chi connectivity index (χ0n) is 10.5. The number of hydrogen-bond acceptors (Lipinski definition) is 3. The summed E-state index contributed by atoms with van der Waals surface area (Å²) < 4.78 is 1.11. The summed E-state index contributed by atoms with van der Waals surface area (Å²) in [5, 5.41) is 2.06. The summed E-state index contributed by atoms with van der Waals surface area (Å²) in [5.41, 5.74) is 5.14. The van der Waals surface area contributed by atoms with Crippen LogP contribution in [-0.2, 0) is 11.2 Å². The largest absolute Gasteiger partial charge is 0.345 e. The third kappa shape index (κ3) is 4.08. The summed E-state index contributed by atoms with van der Waals surface area (Å²) in [6, 6.07) is 2.09. The van der Waals surface area contributed by atoms with Gasteiger partial charge in [-0.05, 0) is 42.3 Å². The Morgan fingerprint density at radius 3 is 2.71 bits per heavy atom. The maximum atomic E-state index is 12.1. The molecular weight excluding hydrogens is 300 g/mol. The molecule has 1 rings (SSSR count). The second-order valence-corrected chi connectivity index (χ2v) is 6.71. The van der Waals surface area contributed by atoms with Crippen LogP contribution in [-0.4, -0.2) is 30.9 Å². The molecule has 1 aromatic rings. The van der Waals surface area contributed by atoms with E-state index >= 15 is 0 Å². The highest BCUT2D eigenvalue weighted by atomic mass is 79.9. The molecule has 2 N–H and O–H groups in total. The fourth-order valence-electron chi connectivity index (χ4n) is 1.47. The lowest BCUT2D eigenvalue weighted by Crippen LogP contribution is -2.43. The first-order valence-corrected chi connectivity index (χ1v) is 7.22. The topological polar surface area (TPSA) is 46.3 Å². The van der Waals surface area contributed by atoms with E-state index in [4.69, 9.17) is 5.73 Å². The van der Waals surface area contributed by atoms with Crippen LogP contribution < -0.4 is 5.73 Å². The van der Waals surface area contributed by atoms with Crippen LogP contribution in [0.15, 0.2) is 15.9 Å². The Balaban J connectivity index is 2.50. The third-order valence-corrected chi connectivity index (χ3v) is 4.51. The smallest absolute Gasteiger partial charge is 0.229 e. The van der Waals surface area contributed by atoms with Crippen LogP contribution in [0.4, 0.5) is 0 Å². The van der Waals surface area contributed by atoms with Gasteiger partial charge in [0.1, 0.15) is 0 Å². The van der Waals surface area contributed by atoms with Crippen LogP contribution in [0.25, 0.3) is 0 Å². The van der Waals surface area contributed by atoms with E-state index in [1.165, 1.54) is 4.88 Å². The van der Waals surface area contributed by atoms with Gasteiger partial charge in [0.25, 0.3) is 0 Å². The van der Waals surface area contributed by atoms with Crippen molar-refractivity contribution in [2.45, 2.75) is 20.3 Å². The Labute approximate surface area is 115 Å². The molecule has 0 radical (unpaired) electrons. The van der Waals surface area contributed by atoms with Crippen LogP contribution in [0.1, 0.15) is 18.7 Å². The number of hydrogen-bond donors (Lipinski definition) is 1. The molecule has 0 aromatic carbocycles.